The van der Waals surface area contributed by atoms with Crippen LogP contribution in [0.5, 0.6) is 5.75 Å². The van der Waals surface area contributed by atoms with Crippen LogP contribution in [-0.2, 0) is 10.0 Å². The van der Waals surface area contributed by atoms with Gasteiger partial charge >= 0.3 is 0 Å². The second-order valence-corrected chi connectivity index (χ2v) is 6.78. The van der Waals surface area contributed by atoms with Crippen LogP contribution in [0.15, 0.2) is 60.0 Å². The van der Waals surface area contributed by atoms with E-state index < -0.39 is 15.8 Å². The number of sulfonamides is 1. The van der Waals surface area contributed by atoms with Crippen molar-refractivity contribution in [3.05, 3.63) is 71.4 Å². The molecule has 0 radical (unpaired) electrons. The van der Waals surface area contributed by atoms with E-state index in [1.807, 2.05) is 30.3 Å². The molecule has 0 amide bonds. The third-order valence-corrected chi connectivity index (χ3v) is 4.70. The fourth-order valence-corrected chi connectivity index (χ4v) is 2.67. The van der Waals surface area contributed by atoms with Gasteiger partial charge in [0.15, 0.2) is 11.6 Å². The average molecular weight is 335 g/mol. The summed E-state index contributed by atoms with van der Waals surface area (Å²) in [6, 6.07) is 15.2. The molecule has 2 rings (SSSR count). The summed E-state index contributed by atoms with van der Waals surface area (Å²) in [7, 11) is -2.09. The Kier molecular flexibility index (Phi) is 5.90. The molecule has 0 aliphatic rings. The monoisotopic (exact) mass is 335 g/mol. The average Bonchev–Trinajstić information content (AvgIpc) is 2.55. The fourth-order valence-electron chi connectivity index (χ4n) is 1.81. The fraction of sp³-hybridized carbons (Fsp3) is 0.176. The number of nitrogens with zero attached hydrogens (tertiary/aromatic N) is 1. The van der Waals surface area contributed by atoms with Crippen LogP contribution in [0, 0.1) is 5.82 Å². The highest BCUT2D eigenvalue weighted by molar-refractivity contribution is 7.92. The van der Waals surface area contributed by atoms with E-state index in [1.165, 1.54) is 25.3 Å². The topological polar surface area (TPSA) is 46.6 Å². The molecular weight excluding hydrogens is 317 g/mol. The number of hydrogen-bond acceptors (Lipinski definition) is 3. The number of rotatable bonds is 7. The van der Waals surface area contributed by atoms with Gasteiger partial charge in [-0.1, -0.05) is 42.5 Å². The summed E-state index contributed by atoms with van der Waals surface area (Å²) in [5, 5.41) is 1.14. The lowest BCUT2D eigenvalue weighted by molar-refractivity contribution is 0.276. The maximum Gasteiger partial charge on any atom is 0.236 e. The normalized spacial score (nSPS) is 12.0. The Morgan fingerprint density at radius 1 is 1.09 bits per heavy atom. The molecule has 0 saturated heterocycles. The van der Waals surface area contributed by atoms with Gasteiger partial charge in [0.1, 0.15) is 6.61 Å². The zero-order valence-electron chi connectivity index (χ0n) is 12.7. The first-order valence-electron chi connectivity index (χ1n) is 7.06. The molecule has 0 aromatic heterocycles. The van der Waals surface area contributed by atoms with E-state index in [4.69, 9.17) is 4.74 Å². The van der Waals surface area contributed by atoms with Crippen molar-refractivity contribution in [1.82, 2.24) is 4.31 Å². The van der Waals surface area contributed by atoms with E-state index >= 15 is 0 Å². The van der Waals surface area contributed by atoms with Gasteiger partial charge in [0.25, 0.3) is 0 Å². The molecule has 0 atom stereocenters. The lowest BCUT2D eigenvalue weighted by Crippen LogP contribution is -2.29. The van der Waals surface area contributed by atoms with Crippen molar-refractivity contribution in [1.29, 1.82) is 0 Å². The largest absolute Gasteiger partial charge is 0.489 e. The molecule has 0 unspecified atom stereocenters. The summed E-state index contributed by atoms with van der Waals surface area (Å²) in [5.74, 6) is -0.361. The van der Waals surface area contributed by atoms with Crippen LogP contribution < -0.4 is 4.74 Å². The molecular formula is C17H18FNO3S. The summed E-state index contributed by atoms with van der Waals surface area (Å²) in [6.07, 6.45) is 1.53. The lowest BCUT2D eigenvalue weighted by Gasteiger charge is -2.15. The van der Waals surface area contributed by atoms with Crippen molar-refractivity contribution in [2.45, 2.75) is 0 Å². The molecule has 122 valence electrons. The molecule has 0 bridgehead atoms. The van der Waals surface area contributed by atoms with E-state index in [1.54, 1.807) is 12.1 Å². The summed E-state index contributed by atoms with van der Waals surface area (Å²) in [4.78, 5) is 0. The third kappa shape index (κ3) is 5.19. The van der Waals surface area contributed by atoms with Crippen molar-refractivity contribution >= 4 is 16.1 Å². The highest BCUT2D eigenvalue weighted by atomic mass is 32.2. The summed E-state index contributed by atoms with van der Waals surface area (Å²) >= 11 is 0. The number of hydrogen-bond donors (Lipinski definition) is 0. The molecule has 0 aliphatic carbocycles. The minimum atomic E-state index is -3.54. The first-order valence-corrected chi connectivity index (χ1v) is 8.56. The van der Waals surface area contributed by atoms with Crippen molar-refractivity contribution in [2.75, 3.05) is 20.2 Å². The number of para-hydroxylation sites is 1. The van der Waals surface area contributed by atoms with Crippen LogP contribution in [0.4, 0.5) is 4.39 Å². The second-order valence-electron chi connectivity index (χ2n) is 4.86. The molecule has 0 saturated carbocycles. The summed E-state index contributed by atoms with van der Waals surface area (Å²) in [6.45, 7) is 0.186. The van der Waals surface area contributed by atoms with Gasteiger partial charge in [-0.3, -0.25) is 0 Å². The number of ether oxygens (including phenoxy) is 1. The predicted octanol–water partition coefficient (Wildman–Crippen LogP) is 3.14. The van der Waals surface area contributed by atoms with Crippen molar-refractivity contribution < 1.29 is 17.5 Å². The Labute approximate surface area is 135 Å². The molecule has 0 aliphatic heterocycles. The lowest BCUT2D eigenvalue weighted by atomic mass is 10.2. The van der Waals surface area contributed by atoms with Crippen LogP contribution in [0.1, 0.15) is 5.56 Å². The van der Waals surface area contributed by atoms with Crippen LogP contribution in [0.2, 0.25) is 0 Å². The first kappa shape index (κ1) is 17.2. The molecule has 6 heteroatoms. The maximum absolute atomic E-state index is 13.4. The van der Waals surface area contributed by atoms with Crippen LogP contribution >= 0.6 is 0 Å². The van der Waals surface area contributed by atoms with E-state index in [0.29, 0.717) is 0 Å². The van der Waals surface area contributed by atoms with Gasteiger partial charge in [-0.05, 0) is 23.8 Å². The van der Waals surface area contributed by atoms with Crippen LogP contribution in [-0.4, -0.2) is 32.9 Å². The molecule has 23 heavy (non-hydrogen) atoms. The molecule has 0 N–H and O–H groups in total. The molecule has 0 spiro atoms. The number of halogens is 1. The Hall–Kier alpha value is -2.18. The van der Waals surface area contributed by atoms with E-state index in [-0.39, 0.29) is 18.9 Å². The maximum atomic E-state index is 13.4. The Morgan fingerprint density at radius 3 is 2.43 bits per heavy atom. The standard InChI is InChI=1S/C17H18FNO3S/c1-19(12-13-22-17-10-6-5-9-16(17)18)23(20,21)14-11-15-7-3-2-4-8-15/h2-11,14H,12-13H2,1H3/b14-11+. The minimum Gasteiger partial charge on any atom is -0.489 e. The van der Waals surface area contributed by atoms with Gasteiger partial charge < -0.3 is 4.74 Å². The third-order valence-electron chi connectivity index (χ3n) is 3.17. The molecule has 0 fully saturated rings. The van der Waals surface area contributed by atoms with Crippen molar-refractivity contribution in [3.63, 3.8) is 0 Å². The summed E-state index contributed by atoms with van der Waals surface area (Å²) in [5.41, 5.74) is 0.798. The van der Waals surface area contributed by atoms with Gasteiger partial charge in [0.05, 0.1) is 0 Å². The van der Waals surface area contributed by atoms with E-state index in [9.17, 15) is 12.8 Å². The zero-order chi connectivity index (χ0) is 16.7. The van der Waals surface area contributed by atoms with Gasteiger partial charge in [-0.15, -0.1) is 0 Å². The second kappa shape index (κ2) is 7.89. The van der Waals surface area contributed by atoms with Crippen LogP contribution in [0.25, 0.3) is 6.08 Å². The van der Waals surface area contributed by atoms with Gasteiger partial charge in [-0.2, -0.15) is 4.31 Å². The van der Waals surface area contributed by atoms with Gasteiger partial charge in [-0.25, -0.2) is 12.8 Å². The Balaban J connectivity index is 1.90. The zero-order valence-corrected chi connectivity index (χ0v) is 13.5. The van der Waals surface area contributed by atoms with Gasteiger partial charge in [0.2, 0.25) is 10.0 Å². The smallest absolute Gasteiger partial charge is 0.236 e. The Bertz CT molecular complexity index is 760. The molecule has 0 heterocycles. The Morgan fingerprint density at radius 2 is 1.74 bits per heavy atom. The summed E-state index contributed by atoms with van der Waals surface area (Å²) < 4.78 is 44.1. The highest BCUT2D eigenvalue weighted by Gasteiger charge is 2.14. The highest BCUT2D eigenvalue weighted by Crippen LogP contribution is 2.15. The predicted molar refractivity (Wildman–Crippen MR) is 88.9 cm³/mol. The van der Waals surface area contributed by atoms with Crippen molar-refractivity contribution in [3.8, 4) is 5.75 Å². The van der Waals surface area contributed by atoms with Gasteiger partial charge in [0, 0.05) is 19.0 Å². The number of likely N-dealkylation sites (N-methyl/N-ethyl adjacent to an activating group) is 1. The quantitative estimate of drug-likeness (QED) is 0.781. The van der Waals surface area contributed by atoms with E-state index in [0.717, 1.165) is 15.3 Å². The van der Waals surface area contributed by atoms with Crippen molar-refractivity contribution in [2.24, 2.45) is 0 Å². The molecule has 2 aromatic carbocycles. The SMILES string of the molecule is CN(CCOc1ccccc1F)S(=O)(=O)/C=C/c1ccccc1. The van der Waals surface area contributed by atoms with E-state index in [2.05, 4.69) is 0 Å². The number of benzene rings is 2. The first-order chi connectivity index (χ1) is 11.0. The molecule has 2 aromatic rings. The van der Waals surface area contributed by atoms with Crippen LogP contribution in [0.3, 0.4) is 0 Å². The minimum absolute atomic E-state index is 0.0653. The molecule has 4 nitrogen and oxygen atoms in total.